The number of benzene rings is 1. The lowest BCUT2D eigenvalue weighted by Crippen LogP contribution is -2.32. The highest BCUT2D eigenvalue weighted by atomic mass is 79.9. The van der Waals surface area contributed by atoms with Crippen LogP contribution in [0.5, 0.6) is 5.75 Å². The number of nitrogens with one attached hydrogen (secondary N) is 1. The van der Waals surface area contributed by atoms with Gasteiger partial charge in [-0.1, -0.05) is 15.9 Å². The Morgan fingerprint density at radius 2 is 2.29 bits per heavy atom. The van der Waals surface area contributed by atoms with Crippen molar-refractivity contribution in [1.82, 2.24) is 10.3 Å². The minimum Gasteiger partial charge on any atom is -0.491 e. The lowest BCUT2D eigenvalue weighted by molar-refractivity contribution is 0.0923. The molecule has 0 saturated heterocycles. The van der Waals surface area contributed by atoms with Crippen LogP contribution in [0, 0.1) is 6.92 Å². The van der Waals surface area contributed by atoms with Gasteiger partial charge in [0.15, 0.2) is 0 Å². The molecular formula is C16H15BrN2O2. The summed E-state index contributed by atoms with van der Waals surface area (Å²) in [6.45, 7) is 2.55. The number of hydrogen-bond donors (Lipinski definition) is 1. The summed E-state index contributed by atoms with van der Waals surface area (Å²) in [6, 6.07) is 9.18. The fourth-order valence-corrected chi connectivity index (χ4v) is 2.62. The number of rotatable bonds is 2. The Morgan fingerprint density at radius 3 is 3.10 bits per heavy atom. The topological polar surface area (TPSA) is 51.2 Å². The van der Waals surface area contributed by atoms with Gasteiger partial charge >= 0.3 is 0 Å². The summed E-state index contributed by atoms with van der Waals surface area (Å²) in [4.78, 5) is 16.7. The molecule has 1 aliphatic rings. The zero-order valence-corrected chi connectivity index (χ0v) is 13.2. The van der Waals surface area contributed by atoms with Crippen molar-refractivity contribution in [2.45, 2.75) is 19.4 Å². The van der Waals surface area contributed by atoms with Gasteiger partial charge in [-0.15, -0.1) is 0 Å². The molecule has 1 aliphatic heterocycles. The number of halogens is 1. The molecule has 0 fully saturated rings. The number of nitrogens with zero attached hydrogens (tertiary/aromatic N) is 1. The first-order chi connectivity index (χ1) is 10.1. The number of aromatic nitrogens is 1. The Bertz CT molecular complexity index is 688. The van der Waals surface area contributed by atoms with Gasteiger partial charge in [0.25, 0.3) is 5.91 Å². The third-order valence-corrected chi connectivity index (χ3v) is 4.41. The normalized spacial score (nSPS) is 16.8. The quantitative estimate of drug-likeness (QED) is 0.906. The summed E-state index contributed by atoms with van der Waals surface area (Å²) in [6.07, 6.45) is 2.45. The van der Waals surface area contributed by atoms with Gasteiger partial charge in [0.2, 0.25) is 0 Å². The molecule has 21 heavy (non-hydrogen) atoms. The summed E-state index contributed by atoms with van der Waals surface area (Å²) >= 11 is 3.44. The second-order valence-electron chi connectivity index (χ2n) is 5.01. The van der Waals surface area contributed by atoms with E-state index >= 15 is 0 Å². The minimum absolute atomic E-state index is 0.0888. The number of amides is 1. The molecule has 2 aromatic rings. The molecule has 0 aliphatic carbocycles. The monoisotopic (exact) mass is 346 g/mol. The maximum atomic E-state index is 12.4. The van der Waals surface area contributed by atoms with Crippen molar-refractivity contribution in [3.8, 4) is 5.75 Å². The van der Waals surface area contributed by atoms with E-state index in [1.165, 1.54) is 0 Å². The fraction of sp³-hybridized carbons (Fsp3) is 0.250. The van der Waals surface area contributed by atoms with Gasteiger partial charge in [0.1, 0.15) is 11.4 Å². The largest absolute Gasteiger partial charge is 0.491 e. The van der Waals surface area contributed by atoms with Crippen LogP contribution < -0.4 is 10.1 Å². The molecule has 3 rings (SSSR count). The smallest absolute Gasteiger partial charge is 0.251 e. The first-order valence-electron chi connectivity index (χ1n) is 6.80. The van der Waals surface area contributed by atoms with E-state index in [1.54, 1.807) is 6.20 Å². The molecule has 1 atom stereocenters. The number of ether oxygens (including phenoxy) is 1. The Hall–Kier alpha value is -1.88. The van der Waals surface area contributed by atoms with Gasteiger partial charge in [-0.25, -0.2) is 0 Å². The second kappa shape index (κ2) is 5.85. The molecule has 1 amide bonds. The van der Waals surface area contributed by atoms with E-state index in [2.05, 4.69) is 26.2 Å². The van der Waals surface area contributed by atoms with Crippen LogP contribution in [0.3, 0.4) is 0 Å². The van der Waals surface area contributed by atoms with Gasteiger partial charge in [-0.05, 0) is 42.8 Å². The van der Waals surface area contributed by atoms with E-state index in [4.69, 9.17) is 4.74 Å². The lowest BCUT2D eigenvalue weighted by Gasteiger charge is -2.25. The van der Waals surface area contributed by atoms with E-state index in [-0.39, 0.29) is 11.9 Å². The molecule has 1 aromatic heterocycles. The van der Waals surface area contributed by atoms with Crippen molar-refractivity contribution in [3.05, 3.63) is 57.8 Å². The predicted molar refractivity (Wildman–Crippen MR) is 83.4 cm³/mol. The molecule has 1 aromatic carbocycles. The Labute approximate surface area is 131 Å². The number of aryl methyl sites for hydroxylation is 1. The number of pyridine rings is 1. The van der Waals surface area contributed by atoms with Crippen LogP contribution in [0.2, 0.25) is 0 Å². The third kappa shape index (κ3) is 2.93. The predicted octanol–water partition coefficient (Wildman–Crippen LogP) is 3.41. The number of carbonyl (C=O) groups excluding carboxylic acids is 1. The highest BCUT2D eigenvalue weighted by Crippen LogP contribution is 2.29. The highest BCUT2D eigenvalue weighted by Gasteiger charge is 2.24. The van der Waals surface area contributed by atoms with E-state index in [1.807, 2.05) is 37.3 Å². The van der Waals surface area contributed by atoms with E-state index < -0.39 is 0 Å². The van der Waals surface area contributed by atoms with Crippen LogP contribution >= 0.6 is 15.9 Å². The maximum absolute atomic E-state index is 12.4. The first-order valence-corrected chi connectivity index (χ1v) is 7.59. The third-order valence-electron chi connectivity index (χ3n) is 3.52. The molecule has 0 saturated carbocycles. The Kier molecular flexibility index (Phi) is 3.92. The van der Waals surface area contributed by atoms with Crippen LogP contribution in [0.25, 0.3) is 0 Å². The highest BCUT2D eigenvalue weighted by molar-refractivity contribution is 9.10. The molecule has 0 radical (unpaired) electrons. The zero-order valence-electron chi connectivity index (χ0n) is 11.6. The van der Waals surface area contributed by atoms with E-state index in [0.29, 0.717) is 12.2 Å². The van der Waals surface area contributed by atoms with Crippen LogP contribution in [0.4, 0.5) is 0 Å². The van der Waals surface area contributed by atoms with Gasteiger partial charge in [0.05, 0.1) is 12.6 Å². The summed E-state index contributed by atoms with van der Waals surface area (Å²) < 4.78 is 6.55. The molecule has 2 heterocycles. The number of hydrogen-bond acceptors (Lipinski definition) is 3. The lowest BCUT2D eigenvalue weighted by atomic mass is 10.1. The first kappa shape index (κ1) is 14.1. The van der Waals surface area contributed by atoms with Crippen LogP contribution in [-0.2, 0) is 0 Å². The SMILES string of the molecule is Cc1cc(C(=O)NC2CCOc3cccnc32)ccc1Br. The fourth-order valence-electron chi connectivity index (χ4n) is 2.38. The average molecular weight is 347 g/mol. The second-order valence-corrected chi connectivity index (χ2v) is 5.87. The van der Waals surface area contributed by atoms with Gasteiger partial charge < -0.3 is 10.1 Å². The van der Waals surface area contributed by atoms with Gasteiger partial charge in [0, 0.05) is 22.7 Å². The van der Waals surface area contributed by atoms with Crippen LogP contribution in [0.1, 0.15) is 34.1 Å². The molecule has 108 valence electrons. The van der Waals surface area contributed by atoms with Crippen molar-refractivity contribution in [1.29, 1.82) is 0 Å². The van der Waals surface area contributed by atoms with Crippen molar-refractivity contribution >= 4 is 21.8 Å². The minimum atomic E-state index is -0.105. The number of fused-ring (bicyclic) bond motifs is 1. The molecule has 0 spiro atoms. The average Bonchev–Trinajstić information content (AvgIpc) is 2.50. The summed E-state index contributed by atoms with van der Waals surface area (Å²) in [5.41, 5.74) is 2.48. The molecule has 1 unspecified atom stereocenters. The van der Waals surface area contributed by atoms with Crippen LogP contribution in [0.15, 0.2) is 41.0 Å². The summed E-state index contributed by atoms with van der Waals surface area (Å²) in [5.74, 6) is 0.662. The van der Waals surface area contributed by atoms with E-state index in [9.17, 15) is 4.79 Å². The Morgan fingerprint density at radius 1 is 1.43 bits per heavy atom. The number of carbonyl (C=O) groups is 1. The van der Waals surface area contributed by atoms with Crippen molar-refractivity contribution in [3.63, 3.8) is 0 Å². The molecule has 5 heteroatoms. The molecular weight excluding hydrogens is 332 g/mol. The van der Waals surface area contributed by atoms with Gasteiger partial charge in [-0.2, -0.15) is 0 Å². The molecule has 0 bridgehead atoms. The van der Waals surface area contributed by atoms with Crippen LogP contribution in [-0.4, -0.2) is 17.5 Å². The maximum Gasteiger partial charge on any atom is 0.251 e. The van der Waals surface area contributed by atoms with Crippen molar-refractivity contribution in [2.75, 3.05) is 6.61 Å². The summed E-state index contributed by atoms with van der Waals surface area (Å²) in [5, 5.41) is 3.04. The Balaban J connectivity index is 1.81. The molecule has 1 N–H and O–H groups in total. The zero-order chi connectivity index (χ0) is 14.8. The standard InChI is InChI=1S/C16H15BrN2O2/c1-10-9-11(4-5-12(10)17)16(20)19-13-6-8-21-14-3-2-7-18-15(13)14/h2-5,7,9,13H,6,8H2,1H3,(H,19,20). The molecule has 4 nitrogen and oxygen atoms in total. The van der Waals surface area contributed by atoms with E-state index in [0.717, 1.165) is 27.9 Å². The summed E-state index contributed by atoms with van der Waals surface area (Å²) in [7, 11) is 0. The van der Waals surface area contributed by atoms with Crippen molar-refractivity contribution in [2.24, 2.45) is 0 Å². The van der Waals surface area contributed by atoms with Crippen molar-refractivity contribution < 1.29 is 9.53 Å². The van der Waals surface area contributed by atoms with Gasteiger partial charge in [-0.3, -0.25) is 9.78 Å².